The highest BCUT2D eigenvalue weighted by atomic mass is 19.4. The van der Waals surface area contributed by atoms with Gasteiger partial charge in [0, 0.05) is 25.3 Å². The van der Waals surface area contributed by atoms with Crippen molar-refractivity contribution >= 4 is 11.6 Å². The van der Waals surface area contributed by atoms with E-state index in [2.05, 4.69) is 10.2 Å². The first kappa shape index (κ1) is 19.1. The third kappa shape index (κ3) is 5.39. The highest BCUT2D eigenvalue weighted by Gasteiger charge is 2.30. The van der Waals surface area contributed by atoms with Crippen LogP contribution in [-0.4, -0.2) is 25.6 Å². The standard InChI is InChI=1S/C20H21F3N2O2/c21-20(22,23)16-4-3-5-18(12-16)27-14-19(26)24-13-15-6-8-17(9-7-15)25-10-1-2-11-25/h3-9,12H,1-2,10-11,13-14H2,(H,24,26). The van der Waals surface area contributed by atoms with Gasteiger partial charge >= 0.3 is 6.18 Å². The van der Waals surface area contributed by atoms with Crippen molar-refractivity contribution in [3.05, 3.63) is 59.7 Å². The van der Waals surface area contributed by atoms with Gasteiger partial charge in [-0.2, -0.15) is 13.2 Å². The molecule has 2 aromatic carbocycles. The average molecular weight is 378 g/mol. The second-order valence-electron chi connectivity index (χ2n) is 6.45. The molecule has 0 radical (unpaired) electrons. The maximum absolute atomic E-state index is 12.7. The topological polar surface area (TPSA) is 41.6 Å². The average Bonchev–Trinajstić information content (AvgIpc) is 3.19. The van der Waals surface area contributed by atoms with Crippen LogP contribution in [0.2, 0.25) is 0 Å². The molecule has 2 aromatic rings. The molecule has 0 spiro atoms. The molecule has 0 aromatic heterocycles. The van der Waals surface area contributed by atoms with Gasteiger partial charge in [-0.25, -0.2) is 0 Å². The lowest BCUT2D eigenvalue weighted by Crippen LogP contribution is -2.28. The Labute approximate surface area is 155 Å². The van der Waals surface area contributed by atoms with E-state index >= 15 is 0 Å². The van der Waals surface area contributed by atoms with E-state index in [1.807, 2.05) is 24.3 Å². The molecule has 3 rings (SSSR count). The van der Waals surface area contributed by atoms with E-state index < -0.39 is 17.6 Å². The molecule has 1 amide bonds. The van der Waals surface area contributed by atoms with Crippen LogP contribution in [0.5, 0.6) is 5.75 Å². The molecule has 1 heterocycles. The number of rotatable bonds is 6. The van der Waals surface area contributed by atoms with E-state index in [-0.39, 0.29) is 12.4 Å². The van der Waals surface area contributed by atoms with Gasteiger partial charge in [0.05, 0.1) is 5.56 Å². The van der Waals surface area contributed by atoms with Crippen molar-refractivity contribution in [1.29, 1.82) is 0 Å². The summed E-state index contributed by atoms with van der Waals surface area (Å²) >= 11 is 0. The van der Waals surface area contributed by atoms with Gasteiger partial charge in [-0.15, -0.1) is 0 Å². The Morgan fingerprint density at radius 2 is 1.78 bits per heavy atom. The first-order valence-corrected chi connectivity index (χ1v) is 8.82. The number of carbonyl (C=O) groups excluding carboxylic acids is 1. The van der Waals surface area contributed by atoms with Gasteiger partial charge in [0.15, 0.2) is 6.61 Å². The van der Waals surface area contributed by atoms with E-state index in [4.69, 9.17) is 4.74 Å². The van der Waals surface area contributed by atoms with Gasteiger partial charge in [-0.05, 0) is 48.7 Å². The fourth-order valence-electron chi connectivity index (χ4n) is 2.96. The fourth-order valence-corrected chi connectivity index (χ4v) is 2.96. The SMILES string of the molecule is O=C(COc1cccc(C(F)(F)F)c1)NCc1ccc(N2CCCC2)cc1. The summed E-state index contributed by atoms with van der Waals surface area (Å²) in [6.07, 6.45) is -2.02. The summed E-state index contributed by atoms with van der Waals surface area (Å²) in [4.78, 5) is 14.2. The van der Waals surface area contributed by atoms with Crippen LogP contribution < -0.4 is 15.0 Å². The van der Waals surface area contributed by atoms with E-state index in [9.17, 15) is 18.0 Å². The van der Waals surface area contributed by atoms with Crippen LogP contribution in [0, 0.1) is 0 Å². The van der Waals surface area contributed by atoms with Gasteiger partial charge in [0.2, 0.25) is 0 Å². The van der Waals surface area contributed by atoms with Crippen molar-refractivity contribution in [3.8, 4) is 5.75 Å². The molecular formula is C20H21F3N2O2. The molecule has 7 heteroatoms. The quantitative estimate of drug-likeness (QED) is 0.826. The van der Waals surface area contributed by atoms with Crippen molar-refractivity contribution in [2.45, 2.75) is 25.6 Å². The summed E-state index contributed by atoms with van der Waals surface area (Å²) in [7, 11) is 0. The molecule has 1 aliphatic rings. The number of benzene rings is 2. The normalized spacial score (nSPS) is 14.3. The molecule has 0 bridgehead atoms. The Balaban J connectivity index is 1.46. The highest BCUT2D eigenvalue weighted by Crippen LogP contribution is 2.31. The van der Waals surface area contributed by atoms with E-state index in [1.165, 1.54) is 30.7 Å². The minimum atomic E-state index is -4.44. The van der Waals surface area contributed by atoms with E-state index in [0.29, 0.717) is 6.54 Å². The van der Waals surface area contributed by atoms with Crippen LogP contribution in [0.3, 0.4) is 0 Å². The van der Waals surface area contributed by atoms with Crippen LogP contribution >= 0.6 is 0 Å². The number of hydrogen-bond donors (Lipinski definition) is 1. The summed E-state index contributed by atoms with van der Waals surface area (Å²) in [5.41, 5.74) is 1.32. The molecule has 0 atom stereocenters. The van der Waals surface area contributed by atoms with Crippen molar-refractivity contribution in [3.63, 3.8) is 0 Å². The maximum Gasteiger partial charge on any atom is 0.416 e. The lowest BCUT2D eigenvalue weighted by atomic mass is 10.2. The predicted octanol–water partition coefficient (Wildman–Crippen LogP) is 4.00. The molecule has 0 saturated carbocycles. The Hall–Kier alpha value is -2.70. The minimum absolute atomic E-state index is 0.00920. The van der Waals surface area contributed by atoms with E-state index in [0.717, 1.165) is 30.8 Å². The van der Waals surface area contributed by atoms with Gasteiger partial charge in [0.25, 0.3) is 5.91 Å². The highest BCUT2D eigenvalue weighted by molar-refractivity contribution is 5.77. The zero-order chi connectivity index (χ0) is 19.3. The van der Waals surface area contributed by atoms with Crippen LogP contribution in [0.15, 0.2) is 48.5 Å². The Morgan fingerprint density at radius 1 is 1.07 bits per heavy atom. The molecule has 144 valence electrons. The van der Waals surface area contributed by atoms with Crippen LogP contribution in [0.4, 0.5) is 18.9 Å². The van der Waals surface area contributed by atoms with E-state index in [1.54, 1.807) is 0 Å². The predicted molar refractivity (Wildman–Crippen MR) is 96.7 cm³/mol. The lowest BCUT2D eigenvalue weighted by molar-refractivity contribution is -0.137. The van der Waals surface area contributed by atoms with Gasteiger partial charge in [-0.1, -0.05) is 18.2 Å². The Bertz CT molecular complexity index is 770. The summed E-state index contributed by atoms with van der Waals surface area (Å²) in [5.74, 6) is -0.383. The molecule has 1 saturated heterocycles. The van der Waals surface area contributed by atoms with Gasteiger partial charge < -0.3 is 15.0 Å². The summed E-state index contributed by atoms with van der Waals surface area (Å²) in [5, 5.41) is 2.70. The molecule has 4 nitrogen and oxygen atoms in total. The third-order valence-corrected chi connectivity index (χ3v) is 4.43. The number of halogens is 3. The molecule has 1 N–H and O–H groups in total. The molecule has 1 fully saturated rings. The van der Waals surface area contributed by atoms with Crippen molar-refractivity contribution in [1.82, 2.24) is 5.32 Å². The summed E-state index contributed by atoms with van der Waals surface area (Å²) in [6.45, 7) is 2.14. The number of hydrogen-bond acceptors (Lipinski definition) is 3. The lowest BCUT2D eigenvalue weighted by Gasteiger charge is -2.17. The number of nitrogens with one attached hydrogen (secondary N) is 1. The Kier molecular flexibility index (Phi) is 5.88. The molecule has 27 heavy (non-hydrogen) atoms. The van der Waals surface area contributed by atoms with Gasteiger partial charge in [-0.3, -0.25) is 4.79 Å². The number of ether oxygens (including phenoxy) is 1. The summed E-state index contributed by atoms with van der Waals surface area (Å²) in [6, 6.07) is 12.5. The maximum atomic E-state index is 12.7. The van der Waals surface area contributed by atoms with Crippen LogP contribution in [0.1, 0.15) is 24.0 Å². The molecule has 1 aliphatic heterocycles. The number of nitrogens with zero attached hydrogens (tertiary/aromatic N) is 1. The molecular weight excluding hydrogens is 357 g/mol. The number of alkyl halides is 3. The second-order valence-corrected chi connectivity index (χ2v) is 6.45. The minimum Gasteiger partial charge on any atom is -0.484 e. The van der Waals surface area contributed by atoms with Crippen LogP contribution in [0.25, 0.3) is 0 Å². The fraction of sp³-hybridized carbons (Fsp3) is 0.350. The van der Waals surface area contributed by atoms with Crippen molar-refractivity contribution in [2.75, 3.05) is 24.6 Å². The third-order valence-electron chi connectivity index (χ3n) is 4.43. The van der Waals surface area contributed by atoms with Crippen LogP contribution in [-0.2, 0) is 17.5 Å². The smallest absolute Gasteiger partial charge is 0.416 e. The molecule has 0 aliphatic carbocycles. The largest absolute Gasteiger partial charge is 0.484 e. The second kappa shape index (κ2) is 8.33. The number of amides is 1. The zero-order valence-electron chi connectivity index (χ0n) is 14.8. The first-order chi connectivity index (χ1) is 12.9. The van der Waals surface area contributed by atoms with Crippen molar-refractivity contribution in [2.24, 2.45) is 0 Å². The first-order valence-electron chi connectivity index (χ1n) is 8.82. The number of carbonyl (C=O) groups is 1. The monoisotopic (exact) mass is 378 g/mol. The zero-order valence-corrected chi connectivity index (χ0v) is 14.8. The summed E-state index contributed by atoms with van der Waals surface area (Å²) < 4.78 is 43.2. The van der Waals surface area contributed by atoms with Gasteiger partial charge in [0.1, 0.15) is 5.75 Å². The van der Waals surface area contributed by atoms with Crippen molar-refractivity contribution < 1.29 is 22.7 Å². The Morgan fingerprint density at radius 3 is 2.44 bits per heavy atom. The number of anilines is 1. The molecule has 0 unspecified atom stereocenters.